The van der Waals surface area contributed by atoms with Crippen molar-refractivity contribution in [3.8, 4) is 0 Å². The van der Waals surface area contributed by atoms with Crippen molar-refractivity contribution < 1.29 is 4.39 Å². The molecular formula is C23H34FN5. The molecule has 0 amide bonds. The second-order valence-corrected chi connectivity index (χ2v) is 8.55. The van der Waals surface area contributed by atoms with Gasteiger partial charge in [-0.05, 0) is 44.3 Å². The first-order valence-corrected chi connectivity index (χ1v) is 11.0. The Morgan fingerprint density at radius 2 is 1.86 bits per heavy atom. The first-order valence-electron chi connectivity index (χ1n) is 11.0. The van der Waals surface area contributed by atoms with Crippen molar-refractivity contribution in [1.82, 2.24) is 20.0 Å². The molecule has 5 nitrogen and oxygen atoms in total. The van der Waals surface area contributed by atoms with Gasteiger partial charge in [0.1, 0.15) is 5.82 Å². The Morgan fingerprint density at radius 3 is 2.59 bits per heavy atom. The molecular weight excluding hydrogens is 365 g/mol. The molecule has 6 heteroatoms. The van der Waals surface area contributed by atoms with Crippen LogP contribution >= 0.6 is 0 Å². The van der Waals surface area contributed by atoms with E-state index in [0.717, 1.165) is 76.7 Å². The SMILES string of the molecule is CN=C(NCC1CCN(Cc2ccccc2F)CC1)N1CCC(N2CC=CC2)C1. The van der Waals surface area contributed by atoms with E-state index in [1.807, 2.05) is 19.2 Å². The molecule has 1 unspecified atom stereocenters. The number of hydrogen-bond acceptors (Lipinski definition) is 3. The third-order valence-electron chi connectivity index (χ3n) is 6.65. The fourth-order valence-electron chi connectivity index (χ4n) is 4.81. The minimum Gasteiger partial charge on any atom is -0.356 e. The Balaban J connectivity index is 1.19. The molecule has 2 saturated heterocycles. The van der Waals surface area contributed by atoms with Gasteiger partial charge in [0, 0.05) is 57.9 Å². The Bertz CT molecular complexity index is 718. The van der Waals surface area contributed by atoms with Crippen molar-refractivity contribution in [3.05, 3.63) is 47.8 Å². The van der Waals surface area contributed by atoms with E-state index in [-0.39, 0.29) is 5.82 Å². The van der Waals surface area contributed by atoms with Crippen molar-refractivity contribution >= 4 is 5.96 Å². The maximum atomic E-state index is 13.9. The lowest BCUT2D eigenvalue weighted by molar-refractivity contribution is 0.176. The van der Waals surface area contributed by atoms with Crippen LogP contribution in [0.25, 0.3) is 0 Å². The third-order valence-corrected chi connectivity index (χ3v) is 6.65. The highest BCUT2D eigenvalue weighted by molar-refractivity contribution is 5.80. The standard InChI is InChI=1S/C23H34FN5/c1-25-23(29-15-10-21(18-29)28-11-4-5-12-28)26-16-19-8-13-27(14-9-19)17-20-6-2-3-7-22(20)24/h2-7,19,21H,8-18H2,1H3,(H,25,26). The topological polar surface area (TPSA) is 34.1 Å². The van der Waals surface area contributed by atoms with Gasteiger partial charge in [0.15, 0.2) is 5.96 Å². The van der Waals surface area contributed by atoms with E-state index in [4.69, 9.17) is 0 Å². The van der Waals surface area contributed by atoms with Gasteiger partial charge in [0.25, 0.3) is 0 Å². The molecule has 1 atom stereocenters. The zero-order valence-corrected chi connectivity index (χ0v) is 17.6. The zero-order valence-electron chi connectivity index (χ0n) is 17.6. The zero-order chi connectivity index (χ0) is 20.1. The summed E-state index contributed by atoms with van der Waals surface area (Å²) in [6.07, 6.45) is 8.07. The summed E-state index contributed by atoms with van der Waals surface area (Å²) in [5.74, 6) is 1.62. The fourth-order valence-corrected chi connectivity index (χ4v) is 4.81. The van der Waals surface area contributed by atoms with E-state index >= 15 is 0 Å². The number of guanidine groups is 1. The number of rotatable bonds is 5. The Kier molecular flexibility index (Phi) is 6.82. The van der Waals surface area contributed by atoms with Crippen molar-refractivity contribution in [3.63, 3.8) is 0 Å². The number of hydrogen-bond donors (Lipinski definition) is 1. The molecule has 0 saturated carbocycles. The van der Waals surface area contributed by atoms with Crippen LogP contribution in [-0.2, 0) is 6.54 Å². The second kappa shape index (κ2) is 9.72. The first kappa shape index (κ1) is 20.4. The summed E-state index contributed by atoms with van der Waals surface area (Å²) < 4.78 is 13.9. The van der Waals surface area contributed by atoms with Gasteiger partial charge in [-0.25, -0.2) is 4.39 Å². The summed E-state index contributed by atoms with van der Waals surface area (Å²) in [5, 5.41) is 3.63. The van der Waals surface area contributed by atoms with Crippen LogP contribution in [0.2, 0.25) is 0 Å². The highest BCUT2D eigenvalue weighted by Crippen LogP contribution is 2.21. The fraction of sp³-hybridized carbons (Fsp3) is 0.609. The van der Waals surface area contributed by atoms with Crippen molar-refractivity contribution in [2.75, 3.05) is 52.9 Å². The molecule has 0 bridgehead atoms. The van der Waals surface area contributed by atoms with Gasteiger partial charge >= 0.3 is 0 Å². The molecule has 0 aliphatic carbocycles. The van der Waals surface area contributed by atoms with Crippen LogP contribution in [0.3, 0.4) is 0 Å². The van der Waals surface area contributed by atoms with Crippen LogP contribution in [-0.4, -0.2) is 79.6 Å². The van der Waals surface area contributed by atoms with Crippen LogP contribution in [0.1, 0.15) is 24.8 Å². The van der Waals surface area contributed by atoms with E-state index in [2.05, 4.69) is 37.2 Å². The highest BCUT2D eigenvalue weighted by Gasteiger charge is 2.30. The summed E-state index contributed by atoms with van der Waals surface area (Å²) in [7, 11) is 1.89. The van der Waals surface area contributed by atoms with Crippen LogP contribution in [0.5, 0.6) is 0 Å². The van der Waals surface area contributed by atoms with Crippen LogP contribution in [0.15, 0.2) is 41.4 Å². The molecule has 158 valence electrons. The van der Waals surface area contributed by atoms with Gasteiger partial charge < -0.3 is 10.2 Å². The summed E-state index contributed by atoms with van der Waals surface area (Å²) >= 11 is 0. The third kappa shape index (κ3) is 5.17. The predicted octanol–water partition coefficient (Wildman–Crippen LogP) is 2.56. The van der Waals surface area contributed by atoms with Crippen molar-refractivity contribution in [1.29, 1.82) is 0 Å². The van der Waals surface area contributed by atoms with Crippen LogP contribution < -0.4 is 5.32 Å². The Morgan fingerprint density at radius 1 is 1.10 bits per heavy atom. The highest BCUT2D eigenvalue weighted by atomic mass is 19.1. The Labute approximate surface area is 174 Å². The van der Waals surface area contributed by atoms with Gasteiger partial charge in [-0.1, -0.05) is 30.4 Å². The van der Waals surface area contributed by atoms with E-state index in [1.54, 1.807) is 12.1 Å². The van der Waals surface area contributed by atoms with Gasteiger partial charge in [-0.2, -0.15) is 0 Å². The molecule has 0 aromatic heterocycles. The quantitative estimate of drug-likeness (QED) is 0.469. The molecule has 1 aromatic rings. The van der Waals surface area contributed by atoms with Gasteiger partial charge in [0.05, 0.1) is 0 Å². The monoisotopic (exact) mass is 399 g/mol. The molecule has 0 spiro atoms. The van der Waals surface area contributed by atoms with Gasteiger partial charge in [-0.15, -0.1) is 0 Å². The normalized spacial score (nSPS) is 24.6. The van der Waals surface area contributed by atoms with E-state index in [0.29, 0.717) is 12.0 Å². The molecule has 3 aliphatic heterocycles. The van der Waals surface area contributed by atoms with Gasteiger partial charge in [-0.3, -0.25) is 14.8 Å². The summed E-state index contributed by atoms with van der Waals surface area (Å²) in [5.41, 5.74) is 0.807. The summed E-state index contributed by atoms with van der Waals surface area (Å²) in [4.78, 5) is 11.9. The smallest absolute Gasteiger partial charge is 0.193 e. The molecule has 2 fully saturated rings. The number of nitrogens with one attached hydrogen (secondary N) is 1. The maximum absolute atomic E-state index is 13.9. The molecule has 1 aromatic carbocycles. The van der Waals surface area contributed by atoms with Gasteiger partial charge in [0.2, 0.25) is 0 Å². The molecule has 29 heavy (non-hydrogen) atoms. The van der Waals surface area contributed by atoms with Crippen LogP contribution in [0, 0.1) is 11.7 Å². The lowest BCUT2D eigenvalue weighted by Gasteiger charge is -2.33. The lowest BCUT2D eigenvalue weighted by Crippen LogP contribution is -2.45. The average Bonchev–Trinajstić information content (AvgIpc) is 3.43. The lowest BCUT2D eigenvalue weighted by atomic mass is 9.96. The van der Waals surface area contributed by atoms with E-state index < -0.39 is 0 Å². The maximum Gasteiger partial charge on any atom is 0.193 e. The number of benzene rings is 1. The predicted molar refractivity (Wildman–Crippen MR) is 116 cm³/mol. The van der Waals surface area contributed by atoms with Crippen molar-refractivity contribution in [2.45, 2.75) is 31.8 Å². The summed E-state index contributed by atoms with van der Waals surface area (Å²) in [6, 6.07) is 7.78. The minimum absolute atomic E-state index is 0.0891. The number of likely N-dealkylation sites (tertiary alicyclic amines) is 2. The minimum atomic E-state index is -0.0891. The molecule has 3 heterocycles. The van der Waals surface area contributed by atoms with E-state index in [1.165, 1.54) is 6.42 Å². The summed E-state index contributed by atoms with van der Waals surface area (Å²) in [6.45, 7) is 8.11. The molecule has 4 rings (SSSR count). The average molecular weight is 400 g/mol. The molecule has 3 aliphatic rings. The van der Waals surface area contributed by atoms with E-state index in [9.17, 15) is 4.39 Å². The second-order valence-electron chi connectivity index (χ2n) is 8.55. The molecule has 1 N–H and O–H groups in total. The number of nitrogens with zero attached hydrogens (tertiary/aromatic N) is 4. The largest absolute Gasteiger partial charge is 0.356 e. The van der Waals surface area contributed by atoms with Crippen molar-refractivity contribution in [2.24, 2.45) is 10.9 Å². The number of aliphatic imine (C=N–C) groups is 1. The molecule has 0 radical (unpaired) electrons. The first-order chi connectivity index (χ1) is 14.2. The number of piperidine rings is 1. The Hall–Kier alpha value is -1.92. The number of halogens is 1. The van der Waals surface area contributed by atoms with Crippen LogP contribution in [0.4, 0.5) is 4.39 Å².